The van der Waals surface area contributed by atoms with E-state index in [1.54, 1.807) is 14.2 Å². The minimum absolute atomic E-state index is 0.0305. The second-order valence-corrected chi connectivity index (χ2v) is 8.42. The monoisotopic (exact) mass is 451 g/mol. The van der Waals surface area contributed by atoms with Gasteiger partial charge in [-0.1, -0.05) is 18.2 Å². The zero-order valence-electron chi connectivity index (χ0n) is 19.7. The van der Waals surface area contributed by atoms with Crippen LogP contribution in [0.3, 0.4) is 0 Å². The molecule has 0 aliphatic carbocycles. The number of hydrogen-bond donors (Lipinski definition) is 1. The number of morpholine rings is 1. The minimum atomic E-state index is -0.136. The first-order valence-corrected chi connectivity index (χ1v) is 11.4. The number of rotatable bonds is 9. The van der Waals surface area contributed by atoms with Crippen LogP contribution in [0, 0.1) is 0 Å². The van der Waals surface area contributed by atoms with Crippen molar-refractivity contribution in [1.29, 1.82) is 0 Å². The third-order valence-electron chi connectivity index (χ3n) is 6.32. The van der Waals surface area contributed by atoms with E-state index >= 15 is 0 Å². The Kier molecular flexibility index (Phi) is 7.52. The van der Waals surface area contributed by atoms with E-state index in [0.717, 1.165) is 54.9 Å². The van der Waals surface area contributed by atoms with Crippen LogP contribution >= 0.6 is 0 Å². The molecule has 0 radical (unpaired) electrons. The van der Waals surface area contributed by atoms with E-state index in [0.29, 0.717) is 24.5 Å². The van der Waals surface area contributed by atoms with Crippen LogP contribution < -0.4 is 14.8 Å². The fourth-order valence-electron chi connectivity index (χ4n) is 4.52. The predicted octanol–water partition coefficient (Wildman–Crippen LogP) is 3.17. The fraction of sp³-hybridized carbons (Fsp3) is 0.423. The molecule has 1 amide bonds. The van der Waals surface area contributed by atoms with E-state index < -0.39 is 0 Å². The minimum Gasteiger partial charge on any atom is -0.497 e. The highest BCUT2D eigenvalue weighted by atomic mass is 16.5. The number of nitrogens with one attached hydrogen (secondary N) is 1. The first-order valence-electron chi connectivity index (χ1n) is 11.4. The number of aryl methyl sites for hydroxylation is 1. The van der Waals surface area contributed by atoms with Gasteiger partial charge in [0.05, 0.1) is 27.4 Å². The molecule has 33 heavy (non-hydrogen) atoms. The van der Waals surface area contributed by atoms with E-state index in [4.69, 9.17) is 14.2 Å². The number of para-hydroxylation sites is 1. The predicted molar refractivity (Wildman–Crippen MR) is 129 cm³/mol. The molecule has 1 fully saturated rings. The van der Waals surface area contributed by atoms with Crippen LogP contribution in [0.15, 0.2) is 48.7 Å². The summed E-state index contributed by atoms with van der Waals surface area (Å²) in [5.41, 5.74) is 3.25. The molecule has 0 spiro atoms. The van der Waals surface area contributed by atoms with Crippen molar-refractivity contribution < 1.29 is 19.0 Å². The summed E-state index contributed by atoms with van der Waals surface area (Å²) in [6.07, 6.45) is 2.47. The molecule has 2 heterocycles. The number of methoxy groups -OCH3 is 2. The standard InChI is InChI=1S/C26H33N3O4/c1-28-18-24(22-6-4-5-7-25(22)28)23(19-14-20(31-2)16-21(15-19)32-3)17-26(30)27-8-9-29-10-12-33-13-11-29/h4-7,14-16,18,23H,8-13,17H2,1-3H3,(H,27,30)/t23-/m1/s1. The van der Waals surface area contributed by atoms with Crippen molar-refractivity contribution in [3.63, 3.8) is 0 Å². The van der Waals surface area contributed by atoms with Gasteiger partial charge in [-0.15, -0.1) is 0 Å². The summed E-state index contributed by atoms with van der Waals surface area (Å²) in [6.45, 7) is 4.81. The van der Waals surface area contributed by atoms with E-state index in [2.05, 4.69) is 33.1 Å². The Morgan fingerprint density at radius 3 is 2.48 bits per heavy atom. The first-order chi connectivity index (χ1) is 16.1. The van der Waals surface area contributed by atoms with Crippen molar-refractivity contribution in [1.82, 2.24) is 14.8 Å². The lowest BCUT2D eigenvalue weighted by atomic mass is 9.87. The van der Waals surface area contributed by atoms with Gasteiger partial charge < -0.3 is 24.1 Å². The summed E-state index contributed by atoms with van der Waals surface area (Å²) < 4.78 is 18.5. The second-order valence-electron chi connectivity index (χ2n) is 8.42. The Labute approximate surface area is 195 Å². The van der Waals surface area contributed by atoms with Crippen LogP contribution in [-0.2, 0) is 16.6 Å². The highest BCUT2D eigenvalue weighted by molar-refractivity contribution is 5.86. The van der Waals surface area contributed by atoms with Crippen LogP contribution in [0.2, 0.25) is 0 Å². The molecule has 3 aromatic rings. The smallest absolute Gasteiger partial charge is 0.220 e. The average Bonchev–Trinajstić information content (AvgIpc) is 3.19. The second kappa shape index (κ2) is 10.7. The SMILES string of the molecule is COc1cc(OC)cc([C@@H](CC(=O)NCCN2CCOCC2)c2cn(C)c3ccccc23)c1. The van der Waals surface area contributed by atoms with E-state index in [9.17, 15) is 4.79 Å². The summed E-state index contributed by atoms with van der Waals surface area (Å²) in [5.74, 6) is 1.32. The molecule has 1 saturated heterocycles. The van der Waals surface area contributed by atoms with Gasteiger partial charge in [0.25, 0.3) is 0 Å². The summed E-state index contributed by atoms with van der Waals surface area (Å²) in [4.78, 5) is 15.4. The average molecular weight is 452 g/mol. The molecule has 1 aromatic heterocycles. The topological polar surface area (TPSA) is 65.0 Å². The van der Waals surface area contributed by atoms with Gasteiger partial charge in [-0.2, -0.15) is 0 Å². The van der Waals surface area contributed by atoms with Crippen LogP contribution in [0.1, 0.15) is 23.5 Å². The maximum Gasteiger partial charge on any atom is 0.220 e. The molecule has 4 rings (SSSR count). The van der Waals surface area contributed by atoms with Gasteiger partial charge in [0.15, 0.2) is 0 Å². The summed E-state index contributed by atoms with van der Waals surface area (Å²) >= 11 is 0. The van der Waals surface area contributed by atoms with Crippen molar-refractivity contribution >= 4 is 16.8 Å². The van der Waals surface area contributed by atoms with Gasteiger partial charge in [-0.25, -0.2) is 0 Å². The number of amides is 1. The summed E-state index contributed by atoms with van der Waals surface area (Å²) in [7, 11) is 5.32. The van der Waals surface area contributed by atoms with Crippen molar-refractivity contribution in [2.45, 2.75) is 12.3 Å². The Balaban J connectivity index is 1.60. The van der Waals surface area contributed by atoms with E-state index in [-0.39, 0.29) is 11.8 Å². The Bertz CT molecular complexity index is 1070. The van der Waals surface area contributed by atoms with E-state index in [1.165, 1.54) is 0 Å². The van der Waals surface area contributed by atoms with Crippen LogP contribution in [0.25, 0.3) is 10.9 Å². The van der Waals surface area contributed by atoms with Gasteiger partial charge in [0, 0.05) is 68.7 Å². The molecule has 7 nitrogen and oxygen atoms in total. The van der Waals surface area contributed by atoms with Crippen molar-refractivity contribution in [3.8, 4) is 11.5 Å². The molecule has 0 bridgehead atoms. The molecule has 176 valence electrons. The number of fused-ring (bicyclic) bond motifs is 1. The lowest BCUT2D eigenvalue weighted by Gasteiger charge is -2.26. The van der Waals surface area contributed by atoms with Crippen molar-refractivity contribution in [2.75, 3.05) is 53.6 Å². The molecular weight excluding hydrogens is 418 g/mol. The fourth-order valence-corrected chi connectivity index (χ4v) is 4.52. The first kappa shape index (κ1) is 23.1. The summed E-state index contributed by atoms with van der Waals surface area (Å²) in [6, 6.07) is 14.1. The number of benzene rings is 2. The van der Waals surface area contributed by atoms with Gasteiger partial charge in [0.2, 0.25) is 5.91 Å². The molecule has 0 unspecified atom stereocenters. The zero-order chi connectivity index (χ0) is 23.2. The lowest BCUT2D eigenvalue weighted by Crippen LogP contribution is -2.41. The zero-order valence-corrected chi connectivity index (χ0v) is 19.7. The number of carbonyl (C=O) groups excluding carboxylic acids is 1. The lowest BCUT2D eigenvalue weighted by molar-refractivity contribution is -0.121. The molecule has 1 aliphatic rings. The molecule has 1 N–H and O–H groups in total. The van der Waals surface area contributed by atoms with E-state index in [1.807, 2.05) is 37.4 Å². The highest BCUT2D eigenvalue weighted by Crippen LogP contribution is 2.37. The van der Waals surface area contributed by atoms with Gasteiger partial charge in [0.1, 0.15) is 11.5 Å². The molecular formula is C26H33N3O4. The van der Waals surface area contributed by atoms with Crippen LogP contribution in [0.5, 0.6) is 11.5 Å². The Morgan fingerprint density at radius 1 is 1.09 bits per heavy atom. The molecule has 0 saturated carbocycles. The molecule has 1 aliphatic heterocycles. The number of aromatic nitrogens is 1. The number of ether oxygens (including phenoxy) is 3. The number of nitrogens with zero attached hydrogens (tertiary/aromatic N) is 2. The maximum absolute atomic E-state index is 13.1. The van der Waals surface area contributed by atoms with Crippen molar-refractivity contribution in [2.24, 2.45) is 7.05 Å². The van der Waals surface area contributed by atoms with Crippen LogP contribution in [-0.4, -0.2) is 69.0 Å². The van der Waals surface area contributed by atoms with Gasteiger partial charge >= 0.3 is 0 Å². The highest BCUT2D eigenvalue weighted by Gasteiger charge is 2.24. The molecule has 7 heteroatoms. The number of hydrogen-bond acceptors (Lipinski definition) is 5. The quantitative estimate of drug-likeness (QED) is 0.541. The molecule has 1 atom stereocenters. The Hall–Kier alpha value is -3.03. The number of carbonyl (C=O) groups is 1. The van der Waals surface area contributed by atoms with Crippen LogP contribution in [0.4, 0.5) is 0 Å². The molecule has 2 aromatic carbocycles. The van der Waals surface area contributed by atoms with Crippen molar-refractivity contribution in [3.05, 3.63) is 59.8 Å². The van der Waals surface area contributed by atoms with Gasteiger partial charge in [-0.3, -0.25) is 9.69 Å². The normalized spacial score (nSPS) is 15.4. The van der Waals surface area contributed by atoms with Gasteiger partial charge in [-0.05, 0) is 29.3 Å². The maximum atomic E-state index is 13.1. The summed E-state index contributed by atoms with van der Waals surface area (Å²) in [5, 5.41) is 4.27. The third kappa shape index (κ3) is 5.49. The Morgan fingerprint density at radius 2 is 1.79 bits per heavy atom. The third-order valence-corrected chi connectivity index (χ3v) is 6.32. The largest absolute Gasteiger partial charge is 0.497 e.